The minimum atomic E-state index is 1.20. The second-order valence-electron chi connectivity index (χ2n) is 9.58. The number of rotatable bonds is 26. The summed E-state index contributed by atoms with van der Waals surface area (Å²) in [5.74, 6) is 0. The Bertz CT molecular complexity index is 375. The van der Waals surface area contributed by atoms with Gasteiger partial charge in [-0.2, -0.15) is 0 Å². The number of hydrogen-bond acceptors (Lipinski definition) is 0. The zero-order valence-electron chi connectivity index (χ0n) is 21.6. The Hall–Kier alpha value is -0.780. The van der Waals surface area contributed by atoms with Gasteiger partial charge in [0, 0.05) is 0 Å². The van der Waals surface area contributed by atoms with Crippen molar-refractivity contribution < 1.29 is 0 Å². The molecule has 0 aromatic heterocycles. The van der Waals surface area contributed by atoms with E-state index in [0.717, 1.165) is 0 Å². The van der Waals surface area contributed by atoms with Crippen LogP contribution in [0.2, 0.25) is 0 Å². The zero-order valence-corrected chi connectivity index (χ0v) is 21.6. The van der Waals surface area contributed by atoms with E-state index in [4.69, 9.17) is 0 Å². The van der Waals surface area contributed by atoms with Gasteiger partial charge in [0.2, 0.25) is 0 Å². The van der Waals surface area contributed by atoms with E-state index in [1.165, 1.54) is 154 Å². The van der Waals surface area contributed by atoms with Crippen molar-refractivity contribution in [2.75, 3.05) is 0 Å². The van der Waals surface area contributed by atoms with Crippen molar-refractivity contribution in [3.63, 3.8) is 0 Å². The molecule has 0 heteroatoms. The standard InChI is InChI=1S/C31H58/c1-3-5-7-9-11-13-15-17-19-21-23-25-27-29-31-30-28-26-24-22-20-18-16-14-12-10-8-6-4-2/h3,14,16,18,20H,1,4-13,15,17,19,21-31H2,2H3/b16-14-,20-18-. The Balaban J connectivity index is 3.10. The summed E-state index contributed by atoms with van der Waals surface area (Å²) in [7, 11) is 0. The molecule has 0 nitrogen and oxygen atoms in total. The molecule has 0 saturated carbocycles. The minimum Gasteiger partial charge on any atom is -0.103 e. The van der Waals surface area contributed by atoms with E-state index in [9.17, 15) is 0 Å². The normalized spacial score (nSPS) is 11.8. The molecule has 0 rings (SSSR count). The molecule has 0 unspecified atom stereocenters. The van der Waals surface area contributed by atoms with Gasteiger partial charge < -0.3 is 0 Å². The Labute approximate surface area is 198 Å². The minimum absolute atomic E-state index is 1.20. The molecule has 0 saturated heterocycles. The average molecular weight is 431 g/mol. The second-order valence-corrected chi connectivity index (χ2v) is 9.58. The van der Waals surface area contributed by atoms with Gasteiger partial charge in [0.1, 0.15) is 0 Å². The molecular weight excluding hydrogens is 372 g/mol. The molecule has 0 aliphatic rings. The number of unbranched alkanes of at least 4 members (excludes halogenated alkanes) is 22. The molecule has 0 amide bonds. The van der Waals surface area contributed by atoms with Crippen LogP contribution in [0.1, 0.15) is 161 Å². The van der Waals surface area contributed by atoms with Crippen LogP contribution in [0.5, 0.6) is 0 Å². The van der Waals surface area contributed by atoms with Crippen molar-refractivity contribution in [3.05, 3.63) is 37.0 Å². The van der Waals surface area contributed by atoms with Crippen molar-refractivity contribution >= 4 is 0 Å². The molecule has 0 radical (unpaired) electrons. The van der Waals surface area contributed by atoms with Crippen molar-refractivity contribution in [3.8, 4) is 0 Å². The number of allylic oxidation sites excluding steroid dienone is 5. The van der Waals surface area contributed by atoms with E-state index >= 15 is 0 Å². The summed E-state index contributed by atoms with van der Waals surface area (Å²) in [5.41, 5.74) is 0. The molecule has 0 N–H and O–H groups in total. The van der Waals surface area contributed by atoms with Crippen LogP contribution in [0.3, 0.4) is 0 Å². The first-order chi connectivity index (χ1) is 15.4. The predicted octanol–water partition coefficient (Wildman–Crippen LogP) is 11.7. The van der Waals surface area contributed by atoms with Crippen molar-refractivity contribution in [2.45, 2.75) is 161 Å². The Morgan fingerprint density at radius 2 is 0.677 bits per heavy atom. The molecule has 0 atom stereocenters. The van der Waals surface area contributed by atoms with Gasteiger partial charge in [-0.1, -0.05) is 153 Å². The quantitative estimate of drug-likeness (QED) is 0.0726. The first-order valence-electron chi connectivity index (χ1n) is 14.3. The zero-order chi connectivity index (χ0) is 22.5. The van der Waals surface area contributed by atoms with Crippen LogP contribution in [-0.4, -0.2) is 0 Å². The lowest BCUT2D eigenvalue weighted by Crippen LogP contribution is -1.84. The maximum absolute atomic E-state index is 3.79. The molecule has 0 heterocycles. The lowest BCUT2D eigenvalue weighted by atomic mass is 10.0. The van der Waals surface area contributed by atoms with Crippen LogP contribution < -0.4 is 0 Å². The molecule has 182 valence electrons. The Kier molecular flexibility index (Phi) is 28.5. The van der Waals surface area contributed by atoms with Crippen molar-refractivity contribution in [2.24, 2.45) is 0 Å². The maximum Gasteiger partial charge on any atom is -0.0348 e. The third-order valence-electron chi connectivity index (χ3n) is 6.39. The van der Waals surface area contributed by atoms with E-state index in [-0.39, 0.29) is 0 Å². The smallest absolute Gasteiger partial charge is 0.0348 e. The molecular formula is C31H58. The fourth-order valence-electron chi connectivity index (χ4n) is 4.24. The van der Waals surface area contributed by atoms with E-state index in [2.05, 4.69) is 43.9 Å². The summed E-state index contributed by atoms with van der Waals surface area (Å²) < 4.78 is 0. The highest BCUT2D eigenvalue weighted by Gasteiger charge is 1.95. The highest BCUT2D eigenvalue weighted by atomic mass is 14.0. The van der Waals surface area contributed by atoms with Gasteiger partial charge >= 0.3 is 0 Å². The highest BCUT2D eigenvalue weighted by molar-refractivity contribution is 5.02. The van der Waals surface area contributed by atoms with E-state index < -0.39 is 0 Å². The van der Waals surface area contributed by atoms with E-state index in [1.807, 2.05) is 0 Å². The number of hydrogen-bond donors (Lipinski definition) is 0. The maximum atomic E-state index is 3.79. The monoisotopic (exact) mass is 430 g/mol. The van der Waals surface area contributed by atoms with Gasteiger partial charge in [0.25, 0.3) is 0 Å². The average Bonchev–Trinajstić information content (AvgIpc) is 2.78. The van der Waals surface area contributed by atoms with Crippen molar-refractivity contribution in [1.82, 2.24) is 0 Å². The van der Waals surface area contributed by atoms with E-state index in [1.54, 1.807) is 0 Å². The van der Waals surface area contributed by atoms with Crippen LogP contribution in [-0.2, 0) is 0 Å². The molecule has 0 spiro atoms. The van der Waals surface area contributed by atoms with Crippen LogP contribution in [0, 0.1) is 0 Å². The summed E-state index contributed by atoms with van der Waals surface area (Å²) in [6, 6.07) is 0. The fraction of sp³-hybridized carbons (Fsp3) is 0.806. The van der Waals surface area contributed by atoms with Crippen LogP contribution >= 0.6 is 0 Å². The molecule has 31 heavy (non-hydrogen) atoms. The summed E-state index contributed by atoms with van der Waals surface area (Å²) in [4.78, 5) is 0. The van der Waals surface area contributed by atoms with Gasteiger partial charge in [0.05, 0.1) is 0 Å². The predicted molar refractivity (Wildman–Crippen MR) is 145 cm³/mol. The molecule has 0 aliphatic heterocycles. The van der Waals surface area contributed by atoms with Crippen LogP contribution in [0.15, 0.2) is 37.0 Å². The van der Waals surface area contributed by atoms with Gasteiger partial charge in [0.15, 0.2) is 0 Å². The highest BCUT2D eigenvalue weighted by Crippen LogP contribution is 2.14. The van der Waals surface area contributed by atoms with Crippen LogP contribution in [0.4, 0.5) is 0 Å². The first kappa shape index (κ1) is 30.2. The molecule has 0 aromatic carbocycles. The lowest BCUT2D eigenvalue weighted by Gasteiger charge is -2.03. The van der Waals surface area contributed by atoms with Gasteiger partial charge in [-0.25, -0.2) is 0 Å². The van der Waals surface area contributed by atoms with Gasteiger partial charge in [-0.3, -0.25) is 0 Å². The van der Waals surface area contributed by atoms with Crippen molar-refractivity contribution in [1.29, 1.82) is 0 Å². The third-order valence-corrected chi connectivity index (χ3v) is 6.39. The van der Waals surface area contributed by atoms with Gasteiger partial charge in [-0.15, -0.1) is 6.58 Å². The second kappa shape index (κ2) is 29.2. The van der Waals surface area contributed by atoms with Crippen LogP contribution in [0.25, 0.3) is 0 Å². The summed E-state index contributed by atoms with van der Waals surface area (Å²) in [6.07, 6.45) is 44.9. The Morgan fingerprint density at radius 1 is 0.387 bits per heavy atom. The third kappa shape index (κ3) is 29.2. The SMILES string of the molecule is C=CCCCCCCCCCCCCCCCCCCC/C=C\C=C/CCCCCC. The Morgan fingerprint density at radius 3 is 1.00 bits per heavy atom. The molecule has 0 aliphatic carbocycles. The first-order valence-corrected chi connectivity index (χ1v) is 14.3. The van der Waals surface area contributed by atoms with E-state index in [0.29, 0.717) is 0 Å². The summed E-state index contributed by atoms with van der Waals surface area (Å²) in [6.45, 7) is 6.07. The topological polar surface area (TPSA) is 0 Å². The summed E-state index contributed by atoms with van der Waals surface area (Å²) in [5, 5.41) is 0. The molecule has 0 bridgehead atoms. The lowest BCUT2D eigenvalue weighted by molar-refractivity contribution is 0.526. The molecule has 0 aromatic rings. The molecule has 0 fully saturated rings. The fourth-order valence-corrected chi connectivity index (χ4v) is 4.24. The summed E-state index contributed by atoms with van der Waals surface area (Å²) >= 11 is 0. The largest absolute Gasteiger partial charge is 0.103 e. The van der Waals surface area contributed by atoms with Gasteiger partial charge in [-0.05, 0) is 38.5 Å².